The fourth-order valence-electron chi connectivity index (χ4n) is 3.46. The van der Waals surface area contributed by atoms with Crippen LogP contribution in [0.3, 0.4) is 0 Å². The molecule has 2 N–H and O–H groups in total. The second-order valence-electron chi connectivity index (χ2n) is 6.23. The Morgan fingerprint density at radius 1 is 1.16 bits per heavy atom. The fraction of sp³-hybridized carbons (Fsp3) is 0.933. The highest BCUT2D eigenvalue weighted by molar-refractivity contribution is 5.79. The molecule has 4 heteroatoms. The summed E-state index contributed by atoms with van der Waals surface area (Å²) in [5.74, 6) is 0.593. The smallest absolute Gasteiger partial charge is 0.225 e. The van der Waals surface area contributed by atoms with Crippen LogP contribution in [0.2, 0.25) is 0 Å². The molecule has 0 radical (unpaired) electrons. The normalized spacial score (nSPS) is 30.3. The average molecular weight is 267 g/mol. The van der Waals surface area contributed by atoms with Crippen LogP contribution in [-0.2, 0) is 4.79 Å². The van der Waals surface area contributed by atoms with Gasteiger partial charge in [0.1, 0.15) is 0 Å². The zero-order valence-electron chi connectivity index (χ0n) is 12.5. The molecule has 1 heterocycles. The van der Waals surface area contributed by atoms with Crippen molar-refractivity contribution in [1.29, 1.82) is 0 Å². The molecule has 0 aromatic carbocycles. The van der Waals surface area contributed by atoms with Gasteiger partial charge < -0.3 is 15.5 Å². The highest BCUT2D eigenvalue weighted by Crippen LogP contribution is 2.26. The third-order valence-corrected chi connectivity index (χ3v) is 5.02. The Hall–Kier alpha value is -0.610. The van der Waals surface area contributed by atoms with Gasteiger partial charge in [0.25, 0.3) is 0 Å². The van der Waals surface area contributed by atoms with Gasteiger partial charge in [0.15, 0.2) is 0 Å². The van der Waals surface area contributed by atoms with Crippen LogP contribution in [0.15, 0.2) is 0 Å². The molecule has 1 saturated carbocycles. The van der Waals surface area contributed by atoms with E-state index in [1.165, 1.54) is 0 Å². The van der Waals surface area contributed by atoms with Gasteiger partial charge in [-0.1, -0.05) is 6.92 Å². The predicted octanol–water partition coefficient (Wildman–Crippen LogP) is 1.45. The first kappa shape index (κ1) is 14.8. The first-order valence-electron chi connectivity index (χ1n) is 7.86. The van der Waals surface area contributed by atoms with Gasteiger partial charge in [-0.25, -0.2) is 0 Å². The van der Waals surface area contributed by atoms with Gasteiger partial charge >= 0.3 is 0 Å². The molecule has 0 atom stereocenters. The van der Waals surface area contributed by atoms with Gasteiger partial charge in [-0.05, 0) is 45.1 Å². The first-order valence-corrected chi connectivity index (χ1v) is 7.86. The lowest BCUT2D eigenvalue weighted by molar-refractivity contribution is -0.138. The molecule has 0 bridgehead atoms. The van der Waals surface area contributed by atoms with E-state index in [-0.39, 0.29) is 5.92 Å². The molecule has 0 aromatic heterocycles. The lowest BCUT2D eigenvalue weighted by atomic mass is 9.85. The summed E-state index contributed by atoms with van der Waals surface area (Å²) < 4.78 is 0. The lowest BCUT2D eigenvalue weighted by Gasteiger charge is -2.38. The average Bonchev–Trinajstić information content (AvgIpc) is 2.46. The third kappa shape index (κ3) is 3.69. The maximum atomic E-state index is 12.5. The lowest BCUT2D eigenvalue weighted by Crippen LogP contribution is -2.48. The van der Waals surface area contributed by atoms with Crippen molar-refractivity contribution in [2.24, 2.45) is 11.7 Å². The second-order valence-corrected chi connectivity index (χ2v) is 6.23. The zero-order chi connectivity index (χ0) is 13.8. The van der Waals surface area contributed by atoms with Gasteiger partial charge in [-0.3, -0.25) is 4.79 Å². The van der Waals surface area contributed by atoms with E-state index in [2.05, 4.69) is 11.8 Å². The Labute approximate surface area is 117 Å². The number of hydrogen-bond acceptors (Lipinski definition) is 3. The molecular weight excluding hydrogens is 238 g/mol. The molecule has 1 aliphatic carbocycles. The quantitative estimate of drug-likeness (QED) is 0.842. The van der Waals surface area contributed by atoms with Gasteiger partial charge in [-0.2, -0.15) is 0 Å². The summed E-state index contributed by atoms with van der Waals surface area (Å²) in [7, 11) is 2.00. The number of hydrogen-bond donors (Lipinski definition) is 1. The van der Waals surface area contributed by atoms with Crippen molar-refractivity contribution in [3.63, 3.8) is 0 Å². The highest BCUT2D eigenvalue weighted by atomic mass is 16.2. The van der Waals surface area contributed by atoms with E-state index in [0.29, 0.717) is 18.0 Å². The number of amides is 1. The maximum absolute atomic E-state index is 12.5. The van der Waals surface area contributed by atoms with Gasteiger partial charge in [0, 0.05) is 38.1 Å². The zero-order valence-corrected chi connectivity index (χ0v) is 12.5. The van der Waals surface area contributed by atoms with E-state index in [1.807, 2.05) is 11.9 Å². The molecule has 0 unspecified atom stereocenters. The highest BCUT2D eigenvalue weighted by Gasteiger charge is 2.31. The van der Waals surface area contributed by atoms with Crippen LogP contribution in [0.1, 0.15) is 45.4 Å². The molecule has 1 saturated heterocycles. The van der Waals surface area contributed by atoms with Crippen molar-refractivity contribution < 1.29 is 4.79 Å². The van der Waals surface area contributed by atoms with Crippen LogP contribution in [-0.4, -0.2) is 54.5 Å². The van der Waals surface area contributed by atoms with E-state index in [4.69, 9.17) is 5.73 Å². The first-order chi connectivity index (χ1) is 9.11. The Morgan fingerprint density at radius 2 is 1.74 bits per heavy atom. The maximum Gasteiger partial charge on any atom is 0.225 e. The molecular formula is C15H29N3O. The van der Waals surface area contributed by atoms with Crippen LogP contribution in [0.4, 0.5) is 0 Å². The van der Waals surface area contributed by atoms with Crippen molar-refractivity contribution in [3.8, 4) is 0 Å². The second kappa shape index (κ2) is 6.71. The minimum Gasteiger partial charge on any atom is -0.342 e. The van der Waals surface area contributed by atoms with Crippen molar-refractivity contribution in [2.75, 3.05) is 26.7 Å². The molecule has 2 aliphatic rings. The standard InChI is InChI=1S/C15H29N3O/c1-3-18-10-8-14(9-11-18)17(2)15(19)12-4-6-13(16)7-5-12/h12-14H,3-11,16H2,1-2H3. The van der Waals surface area contributed by atoms with Crippen LogP contribution in [0, 0.1) is 5.92 Å². The number of piperidine rings is 1. The molecule has 19 heavy (non-hydrogen) atoms. The summed E-state index contributed by atoms with van der Waals surface area (Å²) in [6.07, 6.45) is 6.25. The van der Waals surface area contributed by atoms with E-state index < -0.39 is 0 Å². The Balaban J connectivity index is 1.82. The molecule has 2 fully saturated rings. The van der Waals surface area contributed by atoms with Crippen molar-refractivity contribution in [3.05, 3.63) is 0 Å². The molecule has 2 rings (SSSR count). The molecule has 0 spiro atoms. The Morgan fingerprint density at radius 3 is 2.26 bits per heavy atom. The van der Waals surface area contributed by atoms with Gasteiger partial charge in [0.2, 0.25) is 5.91 Å². The number of carbonyl (C=O) groups is 1. The minimum atomic E-state index is 0.231. The summed E-state index contributed by atoms with van der Waals surface area (Å²) in [5, 5.41) is 0. The Bertz CT molecular complexity index is 292. The molecule has 4 nitrogen and oxygen atoms in total. The fourth-order valence-corrected chi connectivity index (χ4v) is 3.46. The van der Waals surface area contributed by atoms with E-state index in [1.54, 1.807) is 0 Å². The Kier molecular flexibility index (Phi) is 5.22. The molecule has 1 aliphatic heterocycles. The SMILES string of the molecule is CCN1CCC(N(C)C(=O)C2CCC(N)CC2)CC1. The number of nitrogens with zero attached hydrogens (tertiary/aromatic N) is 2. The van der Waals surface area contributed by atoms with Gasteiger partial charge in [-0.15, -0.1) is 0 Å². The van der Waals surface area contributed by atoms with Crippen molar-refractivity contribution in [2.45, 2.75) is 57.5 Å². The van der Waals surface area contributed by atoms with Crippen molar-refractivity contribution in [1.82, 2.24) is 9.80 Å². The topological polar surface area (TPSA) is 49.6 Å². The van der Waals surface area contributed by atoms with Gasteiger partial charge in [0.05, 0.1) is 0 Å². The van der Waals surface area contributed by atoms with E-state index in [9.17, 15) is 4.79 Å². The van der Waals surface area contributed by atoms with Crippen LogP contribution in [0.5, 0.6) is 0 Å². The van der Waals surface area contributed by atoms with Crippen LogP contribution >= 0.6 is 0 Å². The summed E-state index contributed by atoms with van der Waals surface area (Å²) >= 11 is 0. The predicted molar refractivity (Wildman–Crippen MR) is 77.8 cm³/mol. The summed E-state index contributed by atoms with van der Waals surface area (Å²) in [6.45, 7) is 5.61. The minimum absolute atomic E-state index is 0.231. The van der Waals surface area contributed by atoms with Crippen LogP contribution in [0.25, 0.3) is 0 Å². The molecule has 1 amide bonds. The summed E-state index contributed by atoms with van der Waals surface area (Å²) in [5.41, 5.74) is 5.92. The largest absolute Gasteiger partial charge is 0.342 e. The number of nitrogens with two attached hydrogens (primary N) is 1. The number of rotatable bonds is 3. The monoisotopic (exact) mass is 267 g/mol. The number of likely N-dealkylation sites (tertiary alicyclic amines) is 1. The molecule has 110 valence electrons. The summed E-state index contributed by atoms with van der Waals surface area (Å²) in [4.78, 5) is 17.0. The molecule has 0 aromatic rings. The number of carbonyl (C=O) groups excluding carboxylic acids is 1. The van der Waals surface area contributed by atoms with E-state index >= 15 is 0 Å². The van der Waals surface area contributed by atoms with Crippen LogP contribution < -0.4 is 5.73 Å². The third-order valence-electron chi connectivity index (χ3n) is 5.02. The van der Waals surface area contributed by atoms with Crippen molar-refractivity contribution >= 4 is 5.91 Å². The summed E-state index contributed by atoms with van der Waals surface area (Å²) in [6, 6.07) is 0.771. The van der Waals surface area contributed by atoms with E-state index in [0.717, 1.165) is 58.2 Å².